The number of rotatable bonds is 5. The van der Waals surface area contributed by atoms with E-state index >= 15 is 0 Å². The lowest BCUT2D eigenvalue weighted by Gasteiger charge is -2.33. The zero-order chi connectivity index (χ0) is 17.8. The monoisotopic (exact) mass is 346 g/mol. The molecule has 1 heterocycles. The van der Waals surface area contributed by atoms with Crippen molar-refractivity contribution in [2.24, 2.45) is 0 Å². The van der Waals surface area contributed by atoms with E-state index in [0.717, 1.165) is 31.7 Å². The summed E-state index contributed by atoms with van der Waals surface area (Å²) in [7, 11) is 1.58. The number of nitro benzene ring substituents is 1. The number of ether oxygens (including phenoxy) is 1. The molecule has 0 spiro atoms. The quantitative estimate of drug-likeness (QED) is 0.661. The zero-order valence-electron chi connectivity index (χ0n) is 14.1. The van der Waals surface area contributed by atoms with Crippen molar-refractivity contribution in [3.05, 3.63) is 64.0 Å². The minimum absolute atomic E-state index is 0.137. The number of nitrogens with one attached hydrogen (secondary N) is 1. The number of methoxy groups -OCH3 is 1. The van der Waals surface area contributed by atoms with E-state index in [0.29, 0.717) is 18.0 Å². The molecule has 1 N–H and O–H groups in total. The van der Waals surface area contributed by atoms with Gasteiger partial charge in [0, 0.05) is 6.07 Å². The summed E-state index contributed by atoms with van der Waals surface area (Å²) in [4.78, 5) is 14.2. The topological polar surface area (TPSA) is 60.0 Å². The summed E-state index contributed by atoms with van der Waals surface area (Å²) in [6, 6.07) is 11.4. The number of hydrogen-bond donors (Lipinski definition) is 1. The standard InChI is InChI=1S/C18H20FN3O3/c1-25-18-7-6-15(19)12-14(18)13-20-8-10-21(11-9-20)16-4-2-3-5-17(16)22(23)24/h2-7,12H,8-11,13H2,1H3/p+1. The van der Waals surface area contributed by atoms with E-state index < -0.39 is 0 Å². The molecule has 3 rings (SSSR count). The average Bonchev–Trinajstić information content (AvgIpc) is 2.62. The summed E-state index contributed by atoms with van der Waals surface area (Å²) in [5.74, 6) is 0.420. The van der Waals surface area contributed by atoms with E-state index in [4.69, 9.17) is 4.74 Å². The number of benzene rings is 2. The van der Waals surface area contributed by atoms with E-state index in [2.05, 4.69) is 0 Å². The lowest BCUT2D eigenvalue weighted by molar-refractivity contribution is -0.914. The maximum Gasteiger partial charge on any atom is 0.292 e. The molecule has 0 aromatic heterocycles. The number of piperazine rings is 1. The normalized spacial score (nSPS) is 15.2. The van der Waals surface area contributed by atoms with E-state index in [9.17, 15) is 14.5 Å². The van der Waals surface area contributed by atoms with Crippen LogP contribution >= 0.6 is 0 Å². The molecule has 0 atom stereocenters. The van der Waals surface area contributed by atoms with E-state index in [1.165, 1.54) is 23.1 Å². The van der Waals surface area contributed by atoms with Crippen LogP contribution in [0, 0.1) is 15.9 Å². The van der Waals surface area contributed by atoms with Crippen LogP contribution < -0.4 is 14.5 Å². The van der Waals surface area contributed by atoms with Gasteiger partial charge in [-0.05, 0) is 24.3 Å². The Hall–Kier alpha value is -2.67. The van der Waals surface area contributed by atoms with Gasteiger partial charge in [0.2, 0.25) is 0 Å². The average molecular weight is 346 g/mol. The number of quaternary nitrogens is 1. The first-order chi connectivity index (χ1) is 12.1. The van der Waals surface area contributed by atoms with Crippen LogP contribution in [0.1, 0.15) is 5.56 Å². The molecule has 2 aromatic carbocycles. The third-order valence-electron chi connectivity index (χ3n) is 4.57. The summed E-state index contributed by atoms with van der Waals surface area (Å²) in [5.41, 5.74) is 1.64. The molecule has 2 aromatic rings. The molecule has 0 aliphatic carbocycles. The van der Waals surface area contributed by atoms with Crippen LogP contribution in [-0.4, -0.2) is 38.2 Å². The smallest absolute Gasteiger partial charge is 0.292 e. The van der Waals surface area contributed by atoms with Crippen LogP contribution in [-0.2, 0) is 6.54 Å². The molecular weight excluding hydrogens is 325 g/mol. The molecule has 1 aliphatic heterocycles. The first kappa shape index (κ1) is 17.2. The molecule has 1 aliphatic rings. The van der Waals surface area contributed by atoms with Gasteiger partial charge in [0.1, 0.15) is 23.8 Å². The molecule has 0 saturated carbocycles. The Kier molecular flexibility index (Phi) is 5.14. The first-order valence-electron chi connectivity index (χ1n) is 8.23. The molecule has 0 unspecified atom stereocenters. The maximum atomic E-state index is 13.5. The highest BCUT2D eigenvalue weighted by Gasteiger charge is 2.25. The number of anilines is 1. The van der Waals surface area contributed by atoms with Crippen molar-refractivity contribution in [1.29, 1.82) is 0 Å². The van der Waals surface area contributed by atoms with Crippen LogP contribution in [0.15, 0.2) is 42.5 Å². The second-order valence-electron chi connectivity index (χ2n) is 6.12. The molecule has 132 valence electrons. The van der Waals surface area contributed by atoms with Crippen molar-refractivity contribution in [3.8, 4) is 5.75 Å². The van der Waals surface area contributed by atoms with Gasteiger partial charge in [-0.1, -0.05) is 12.1 Å². The predicted molar refractivity (Wildman–Crippen MR) is 92.7 cm³/mol. The van der Waals surface area contributed by atoms with Gasteiger partial charge in [-0.3, -0.25) is 10.1 Å². The van der Waals surface area contributed by atoms with Gasteiger partial charge in [0.15, 0.2) is 0 Å². The second kappa shape index (κ2) is 7.48. The van der Waals surface area contributed by atoms with Crippen molar-refractivity contribution in [2.45, 2.75) is 6.54 Å². The van der Waals surface area contributed by atoms with Crippen molar-refractivity contribution < 1.29 is 19.0 Å². The number of nitro groups is 1. The summed E-state index contributed by atoms with van der Waals surface area (Å²) < 4.78 is 18.8. The Bertz CT molecular complexity index is 761. The highest BCUT2D eigenvalue weighted by molar-refractivity contribution is 5.63. The maximum absolute atomic E-state index is 13.5. The number of halogens is 1. The number of nitrogens with zero attached hydrogens (tertiary/aromatic N) is 2. The van der Waals surface area contributed by atoms with Gasteiger partial charge in [-0.2, -0.15) is 0 Å². The summed E-state index contributed by atoms with van der Waals surface area (Å²) in [6.45, 7) is 3.76. The van der Waals surface area contributed by atoms with Gasteiger partial charge in [-0.25, -0.2) is 4.39 Å². The lowest BCUT2D eigenvalue weighted by atomic mass is 10.1. The Morgan fingerprint density at radius 1 is 1.24 bits per heavy atom. The van der Waals surface area contributed by atoms with Gasteiger partial charge in [0.05, 0.1) is 43.8 Å². The van der Waals surface area contributed by atoms with E-state index in [1.54, 1.807) is 25.3 Å². The van der Waals surface area contributed by atoms with Crippen LogP contribution in [0.25, 0.3) is 0 Å². The van der Waals surface area contributed by atoms with Crippen LogP contribution in [0.3, 0.4) is 0 Å². The van der Waals surface area contributed by atoms with Crippen LogP contribution in [0.2, 0.25) is 0 Å². The zero-order valence-corrected chi connectivity index (χ0v) is 14.1. The Morgan fingerprint density at radius 2 is 1.96 bits per heavy atom. The predicted octanol–water partition coefficient (Wildman–Crippen LogP) is 1.65. The number of para-hydroxylation sites is 2. The second-order valence-corrected chi connectivity index (χ2v) is 6.12. The third kappa shape index (κ3) is 3.88. The molecule has 1 fully saturated rings. The van der Waals surface area contributed by atoms with Crippen molar-refractivity contribution >= 4 is 11.4 Å². The largest absolute Gasteiger partial charge is 0.496 e. The molecule has 7 heteroatoms. The van der Waals surface area contributed by atoms with Crippen molar-refractivity contribution in [1.82, 2.24) is 0 Å². The molecule has 0 radical (unpaired) electrons. The molecule has 1 saturated heterocycles. The summed E-state index contributed by atoms with van der Waals surface area (Å²) >= 11 is 0. The minimum atomic E-state index is -0.341. The highest BCUT2D eigenvalue weighted by Crippen LogP contribution is 2.27. The van der Waals surface area contributed by atoms with Gasteiger partial charge < -0.3 is 14.5 Å². The number of hydrogen-bond acceptors (Lipinski definition) is 4. The Labute approximate surface area is 145 Å². The fraction of sp³-hybridized carbons (Fsp3) is 0.333. The summed E-state index contributed by atoms with van der Waals surface area (Å²) in [6.07, 6.45) is 0. The SMILES string of the molecule is COc1ccc(F)cc1C[NH+]1CCN(c2ccccc2[N+](=O)[O-])CC1. The van der Waals surface area contributed by atoms with Gasteiger partial charge in [0.25, 0.3) is 5.69 Å². The van der Waals surface area contributed by atoms with Crippen LogP contribution in [0.4, 0.5) is 15.8 Å². The van der Waals surface area contributed by atoms with Crippen LogP contribution in [0.5, 0.6) is 5.75 Å². The third-order valence-corrected chi connectivity index (χ3v) is 4.57. The molecular formula is C18H21FN3O3+. The summed E-state index contributed by atoms with van der Waals surface area (Å²) in [5, 5.41) is 11.2. The molecule has 0 amide bonds. The van der Waals surface area contributed by atoms with Gasteiger partial charge in [-0.15, -0.1) is 0 Å². The first-order valence-corrected chi connectivity index (χ1v) is 8.23. The molecule has 0 bridgehead atoms. The Morgan fingerprint density at radius 3 is 2.64 bits per heavy atom. The van der Waals surface area contributed by atoms with Crippen molar-refractivity contribution in [2.75, 3.05) is 38.2 Å². The fourth-order valence-corrected chi connectivity index (χ4v) is 3.28. The fourth-order valence-electron chi connectivity index (χ4n) is 3.28. The highest BCUT2D eigenvalue weighted by atomic mass is 19.1. The Balaban J connectivity index is 1.67. The lowest BCUT2D eigenvalue weighted by Crippen LogP contribution is -3.13. The minimum Gasteiger partial charge on any atom is -0.496 e. The molecule has 25 heavy (non-hydrogen) atoms. The van der Waals surface area contributed by atoms with Crippen molar-refractivity contribution in [3.63, 3.8) is 0 Å². The molecule has 6 nitrogen and oxygen atoms in total. The van der Waals surface area contributed by atoms with E-state index in [1.807, 2.05) is 11.0 Å². The van der Waals surface area contributed by atoms with E-state index in [-0.39, 0.29) is 16.4 Å². The van der Waals surface area contributed by atoms with Gasteiger partial charge >= 0.3 is 0 Å².